The smallest absolute Gasteiger partial charge is 0.352 e. The van der Waals surface area contributed by atoms with Crippen LogP contribution < -0.4 is 5.32 Å². The first-order chi connectivity index (χ1) is 10.5. The number of phenols is 1. The summed E-state index contributed by atoms with van der Waals surface area (Å²) in [6.45, 7) is 0. The minimum absolute atomic E-state index is 0.0441. The predicted octanol–water partition coefficient (Wildman–Crippen LogP) is 0.374. The van der Waals surface area contributed by atoms with E-state index in [9.17, 15) is 19.5 Å². The molecule has 0 bridgehead atoms. The zero-order valence-electron chi connectivity index (χ0n) is 11.2. The number of β-lactam (4-membered cyclic amide) rings is 1. The van der Waals surface area contributed by atoms with E-state index in [-0.39, 0.29) is 17.0 Å². The van der Waals surface area contributed by atoms with Crippen molar-refractivity contribution in [2.45, 2.75) is 11.4 Å². The lowest BCUT2D eigenvalue weighted by Gasteiger charge is -2.48. The fourth-order valence-electron chi connectivity index (χ4n) is 2.41. The van der Waals surface area contributed by atoms with Gasteiger partial charge in [-0.3, -0.25) is 14.5 Å². The van der Waals surface area contributed by atoms with Crippen molar-refractivity contribution in [1.82, 2.24) is 10.2 Å². The van der Waals surface area contributed by atoms with E-state index in [4.69, 9.17) is 5.11 Å². The van der Waals surface area contributed by atoms with Gasteiger partial charge >= 0.3 is 5.97 Å². The molecule has 3 rings (SSSR count). The number of carboxylic acid groups (broad SMARTS) is 1. The lowest BCUT2D eigenvalue weighted by Crippen LogP contribution is -2.70. The van der Waals surface area contributed by atoms with E-state index in [1.54, 1.807) is 0 Å². The van der Waals surface area contributed by atoms with Crippen molar-refractivity contribution in [1.29, 1.82) is 0 Å². The number of amides is 2. The fourth-order valence-corrected chi connectivity index (χ4v) is 3.60. The van der Waals surface area contributed by atoms with E-state index < -0.39 is 29.2 Å². The summed E-state index contributed by atoms with van der Waals surface area (Å²) in [5, 5.41) is 20.6. The Kier molecular flexibility index (Phi) is 3.53. The number of hydrogen-bond donors (Lipinski definition) is 3. The third-order valence-corrected chi connectivity index (χ3v) is 4.64. The number of nitrogens with zero attached hydrogens (tertiary/aromatic N) is 1. The molecule has 0 radical (unpaired) electrons. The Morgan fingerprint density at radius 1 is 1.36 bits per heavy atom. The number of fused-ring (bicyclic) bond motifs is 1. The van der Waals surface area contributed by atoms with Gasteiger partial charge in [0, 0.05) is 11.3 Å². The van der Waals surface area contributed by atoms with Gasteiger partial charge in [-0.15, -0.1) is 11.8 Å². The standard InChI is InChI=1S/C14H12N2O5S/c17-8-3-1-2-7(6-8)11(18)15-10-12(19)16-9(14(20)21)4-5-22-13(10)16/h1-4,6,10,13,17H,5H2,(H,15,18)(H,20,21)/t10?,13-/m1/s1. The van der Waals surface area contributed by atoms with Crippen LogP contribution in [0.1, 0.15) is 10.4 Å². The number of thioether (sulfide) groups is 1. The summed E-state index contributed by atoms with van der Waals surface area (Å²) in [6, 6.07) is 5.02. The van der Waals surface area contributed by atoms with Crippen LogP contribution in [0.2, 0.25) is 0 Å². The van der Waals surface area contributed by atoms with Crippen molar-refractivity contribution in [2.24, 2.45) is 0 Å². The summed E-state index contributed by atoms with van der Waals surface area (Å²) in [5.74, 6) is -1.66. The SMILES string of the molecule is O=C(O)C1=CCS[C@@H]2C(NC(=O)c3cccc(O)c3)C(=O)N12. The first-order valence-corrected chi connectivity index (χ1v) is 7.52. The molecule has 2 heterocycles. The van der Waals surface area contributed by atoms with Crippen molar-refractivity contribution in [2.75, 3.05) is 5.75 Å². The largest absolute Gasteiger partial charge is 0.508 e. The number of carbonyl (C=O) groups excluding carboxylic acids is 2. The molecule has 3 N–H and O–H groups in total. The number of rotatable bonds is 3. The molecule has 7 nitrogen and oxygen atoms in total. The third kappa shape index (κ3) is 2.31. The van der Waals surface area contributed by atoms with E-state index in [0.29, 0.717) is 5.75 Å². The molecule has 0 aromatic heterocycles. The highest BCUT2D eigenvalue weighted by Crippen LogP contribution is 2.37. The molecule has 2 amide bonds. The molecule has 0 saturated carbocycles. The second-order valence-electron chi connectivity index (χ2n) is 4.83. The topological polar surface area (TPSA) is 107 Å². The highest BCUT2D eigenvalue weighted by Gasteiger charge is 2.52. The van der Waals surface area contributed by atoms with Crippen LogP contribution in [0.15, 0.2) is 36.0 Å². The molecule has 1 saturated heterocycles. The van der Waals surface area contributed by atoms with Gasteiger partial charge in [-0.2, -0.15) is 0 Å². The lowest BCUT2D eigenvalue weighted by molar-refractivity contribution is -0.148. The van der Waals surface area contributed by atoms with Crippen molar-refractivity contribution in [3.63, 3.8) is 0 Å². The first kappa shape index (κ1) is 14.5. The summed E-state index contributed by atoms with van der Waals surface area (Å²) in [5.41, 5.74) is 0.192. The van der Waals surface area contributed by atoms with Crippen LogP contribution in [0.3, 0.4) is 0 Å². The van der Waals surface area contributed by atoms with E-state index in [0.717, 1.165) is 0 Å². The second kappa shape index (κ2) is 5.38. The Morgan fingerprint density at radius 2 is 2.14 bits per heavy atom. The monoisotopic (exact) mass is 320 g/mol. The van der Waals surface area contributed by atoms with Crippen molar-refractivity contribution in [3.05, 3.63) is 41.6 Å². The van der Waals surface area contributed by atoms with Crippen molar-refractivity contribution >= 4 is 29.5 Å². The van der Waals surface area contributed by atoms with Gasteiger partial charge in [0.25, 0.3) is 11.8 Å². The molecule has 0 spiro atoms. The van der Waals surface area contributed by atoms with Gasteiger partial charge in [0.1, 0.15) is 22.9 Å². The Bertz CT molecular complexity index is 702. The van der Waals surface area contributed by atoms with Crippen LogP contribution >= 0.6 is 11.8 Å². The van der Waals surface area contributed by atoms with Crippen LogP contribution in [0, 0.1) is 0 Å². The Balaban J connectivity index is 1.73. The molecule has 2 aliphatic rings. The molecule has 1 aromatic rings. The average Bonchev–Trinajstić information content (AvgIpc) is 2.51. The molecule has 1 fully saturated rings. The highest BCUT2D eigenvalue weighted by molar-refractivity contribution is 8.00. The van der Waals surface area contributed by atoms with Gasteiger partial charge in [0.15, 0.2) is 0 Å². The van der Waals surface area contributed by atoms with Crippen LogP contribution in [0.4, 0.5) is 0 Å². The van der Waals surface area contributed by atoms with Crippen molar-refractivity contribution < 1.29 is 24.6 Å². The predicted molar refractivity (Wildman–Crippen MR) is 78.2 cm³/mol. The third-order valence-electron chi connectivity index (χ3n) is 3.46. The first-order valence-electron chi connectivity index (χ1n) is 6.47. The quantitative estimate of drug-likeness (QED) is 0.695. The molecular formula is C14H12N2O5S. The van der Waals surface area contributed by atoms with Crippen LogP contribution in [-0.4, -0.2) is 50.1 Å². The zero-order valence-corrected chi connectivity index (χ0v) is 12.0. The van der Waals surface area contributed by atoms with E-state index in [1.165, 1.54) is 47.0 Å². The maximum Gasteiger partial charge on any atom is 0.352 e. The number of aliphatic carboxylic acids is 1. The zero-order chi connectivity index (χ0) is 15.9. The van der Waals surface area contributed by atoms with Gasteiger partial charge in [0.05, 0.1) is 0 Å². The molecule has 2 aliphatic heterocycles. The van der Waals surface area contributed by atoms with Gasteiger partial charge in [0.2, 0.25) is 0 Å². The number of hydrogen-bond acceptors (Lipinski definition) is 5. The van der Waals surface area contributed by atoms with Gasteiger partial charge in [-0.05, 0) is 24.3 Å². The number of benzene rings is 1. The number of carboxylic acids is 1. The maximum absolute atomic E-state index is 12.1. The number of aromatic hydroxyl groups is 1. The fraction of sp³-hybridized carbons (Fsp3) is 0.214. The molecule has 1 aromatic carbocycles. The molecule has 8 heteroatoms. The average molecular weight is 320 g/mol. The van der Waals surface area contributed by atoms with Crippen LogP contribution in [0.5, 0.6) is 5.75 Å². The number of phenolic OH excluding ortho intramolecular Hbond substituents is 1. The van der Waals surface area contributed by atoms with E-state index in [1.807, 2.05) is 0 Å². The summed E-state index contributed by atoms with van der Waals surface area (Å²) >= 11 is 1.39. The van der Waals surface area contributed by atoms with Crippen LogP contribution in [-0.2, 0) is 9.59 Å². The van der Waals surface area contributed by atoms with Gasteiger partial charge in [-0.1, -0.05) is 6.07 Å². The summed E-state index contributed by atoms with van der Waals surface area (Å²) in [6.07, 6.45) is 1.48. The van der Waals surface area contributed by atoms with Crippen molar-refractivity contribution in [3.8, 4) is 5.75 Å². The Hall–Kier alpha value is -2.48. The number of nitrogens with one attached hydrogen (secondary N) is 1. The van der Waals surface area contributed by atoms with E-state index >= 15 is 0 Å². The summed E-state index contributed by atoms with van der Waals surface area (Å²) < 4.78 is 0. The summed E-state index contributed by atoms with van der Waals surface area (Å²) in [7, 11) is 0. The van der Waals surface area contributed by atoms with Gasteiger partial charge < -0.3 is 15.5 Å². The molecule has 1 unspecified atom stereocenters. The maximum atomic E-state index is 12.1. The lowest BCUT2D eigenvalue weighted by atomic mass is 10.0. The number of carbonyl (C=O) groups is 3. The van der Waals surface area contributed by atoms with E-state index in [2.05, 4.69) is 5.32 Å². The highest BCUT2D eigenvalue weighted by atomic mass is 32.2. The van der Waals surface area contributed by atoms with Crippen LogP contribution in [0.25, 0.3) is 0 Å². The molecular weight excluding hydrogens is 308 g/mol. The Morgan fingerprint density at radius 3 is 2.82 bits per heavy atom. The normalized spacial score (nSPS) is 23.2. The minimum Gasteiger partial charge on any atom is -0.508 e. The molecule has 0 aliphatic carbocycles. The Labute approximate surface area is 129 Å². The minimum atomic E-state index is -1.16. The van der Waals surface area contributed by atoms with Gasteiger partial charge in [-0.25, -0.2) is 4.79 Å². The molecule has 2 atom stereocenters. The second-order valence-corrected chi connectivity index (χ2v) is 5.98. The molecule has 114 valence electrons. The molecule has 22 heavy (non-hydrogen) atoms. The summed E-state index contributed by atoms with van der Waals surface area (Å²) in [4.78, 5) is 36.5.